The van der Waals surface area contributed by atoms with Gasteiger partial charge in [0.25, 0.3) is 5.91 Å². The van der Waals surface area contributed by atoms with Gasteiger partial charge in [-0.1, -0.05) is 29.5 Å². The molecule has 0 unspecified atom stereocenters. The lowest BCUT2D eigenvalue weighted by Gasteiger charge is -2.10. The zero-order chi connectivity index (χ0) is 22.9. The summed E-state index contributed by atoms with van der Waals surface area (Å²) in [5.74, 6) is 0.135. The van der Waals surface area contributed by atoms with Gasteiger partial charge >= 0.3 is 0 Å². The molecule has 3 rings (SSSR count). The lowest BCUT2D eigenvalue weighted by Crippen LogP contribution is -2.28. The van der Waals surface area contributed by atoms with Gasteiger partial charge in [0.1, 0.15) is 5.82 Å². The number of ether oxygens (including phenoxy) is 2. The molecule has 2 amide bonds. The van der Waals surface area contributed by atoms with Crippen LogP contribution in [0.25, 0.3) is 0 Å². The normalized spacial score (nSPS) is 10.5. The fraction of sp³-hybridized carbons (Fsp3) is 0.273. The molecule has 32 heavy (non-hydrogen) atoms. The summed E-state index contributed by atoms with van der Waals surface area (Å²) in [6.07, 6.45) is 1.65. The molecule has 1 heterocycles. The van der Waals surface area contributed by atoms with Crippen molar-refractivity contribution >= 4 is 11.8 Å². The summed E-state index contributed by atoms with van der Waals surface area (Å²) in [4.78, 5) is 24.4. The van der Waals surface area contributed by atoms with E-state index in [-0.39, 0.29) is 30.4 Å². The first kappa shape index (κ1) is 22.7. The van der Waals surface area contributed by atoms with E-state index in [4.69, 9.17) is 9.47 Å². The Hall–Kier alpha value is -3.95. The Morgan fingerprint density at radius 1 is 1.06 bits per heavy atom. The van der Waals surface area contributed by atoms with Crippen LogP contribution in [0.4, 0.5) is 4.39 Å². The predicted molar refractivity (Wildman–Crippen MR) is 114 cm³/mol. The molecule has 2 aromatic carbocycles. The monoisotopic (exact) mass is 441 g/mol. The molecule has 0 aliphatic heterocycles. The highest BCUT2D eigenvalue weighted by molar-refractivity contribution is 5.91. The van der Waals surface area contributed by atoms with Crippen molar-refractivity contribution in [3.05, 3.63) is 71.3 Å². The topological polar surface area (TPSA) is 107 Å². The van der Waals surface area contributed by atoms with E-state index in [1.165, 1.54) is 24.1 Å². The van der Waals surface area contributed by atoms with E-state index in [9.17, 15) is 14.0 Å². The SMILES string of the molecule is COc1ccc(CC(=O)NCCn2cc(C(=O)NCc3ccccc3F)nn2)cc1OC. The average molecular weight is 441 g/mol. The maximum absolute atomic E-state index is 13.6. The molecule has 0 aliphatic carbocycles. The third-order valence-corrected chi connectivity index (χ3v) is 4.64. The smallest absolute Gasteiger partial charge is 0.273 e. The average Bonchev–Trinajstić information content (AvgIpc) is 3.27. The van der Waals surface area contributed by atoms with E-state index in [1.807, 2.05) is 0 Å². The van der Waals surface area contributed by atoms with Crippen LogP contribution in [0, 0.1) is 5.82 Å². The van der Waals surface area contributed by atoms with Crippen molar-refractivity contribution in [1.29, 1.82) is 0 Å². The maximum atomic E-state index is 13.6. The highest BCUT2D eigenvalue weighted by atomic mass is 19.1. The van der Waals surface area contributed by atoms with E-state index in [0.717, 1.165) is 5.56 Å². The van der Waals surface area contributed by atoms with Gasteiger partial charge in [0.2, 0.25) is 5.91 Å². The number of benzene rings is 2. The van der Waals surface area contributed by atoms with Gasteiger partial charge in [-0.2, -0.15) is 0 Å². The highest BCUT2D eigenvalue weighted by Crippen LogP contribution is 2.27. The molecule has 0 spiro atoms. The van der Waals surface area contributed by atoms with Gasteiger partial charge < -0.3 is 20.1 Å². The summed E-state index contributed by atoms with van der Waals surface area (Å²) in [6.45, 7) is 0.696. The molecule has 3 aromatic rings. The molecule has 168 valence electrons. The quantitative estimate of drug-likeness (QED) is 0.496. The van der Waals surface area contributed by atoms with Crippen molar-refractivity contribution in [2.75, 3.05) is 20.8 Å². The lowest BCUT2D eigenvalue weighted by atomic mass is 10.1. The molecule has 0 saturated heterocycles. The number of carbonyl (C=O) groups is 2. The molecule has 10 heteroatoms. The number of carbonyl (C=O) groups excluding carboxylic acids is 2. The minimum atomic E-state index is -0.461. The number of rotatable bonds is 10. The Morgan fingerprint density at radius 3 is 2.59 bits per heavy atom. The first-order chi connectivity index (χ1) is 15.5. The molecule has 0 radical (unpaired) electrons. The van der Waals surface area contributed by atoms with Crippen LogP contribution in [0.3, 0.4) is 0 Å². The predicted octanol–water partition coefficient (Wildman–Crippen LogP) is 1.72. The van der Waals surface area contributed by atoms with Crippen molar-refractivity contribution in [1.82, 2.24) is 25.6 Å². The van der Waals surface area contributed by atoms with E-state index in [2.05, 4.69) is 20.9 Å². The maximum Gasteiger partial charge on any atom is 0.273 e. The number of methoxy groups -OCH3 is 2. The van der Waals surface area contributed by atoms with Crippen LogP contribution in [0.2, 0.25) is 0 Å². The van der Waals surface area contributed by atoms with Crippen LogP contribution in [0.1, 0.15) is 21.6 Å². The van der Waals surface area contributed by atoms with Gasteiger partial charge in [-0.3, -0.25) is 9.59 Å². The van der Waals surface area contributed by atoms with E-state index >= 15 is 0 Å². The third-order valence-electron chi connectivity index (χ3n) is 4.64. The van der Waals surface area contributed by atoms with Crippen LogP contribution in [-0.2, 0) is 24.3 Å². The summed E-state index contributed by atoms with van der Waals surface area (Å²) in [5, 5.41) is 13.1. The van der Waals surface area contributed by atoms with Crippen LogP contribution < -0.4 is 20.1 Å². The van der Waals surface area contributed by atoms with E-state index < -0.39 is 5.91 Å². The Bertz CT molecular complexity index is 1090. The van der Waals surface area contributed by atoms with Crippen molar-refractivity contribution in [2.45, 2.75) is 19.5 Å². The summed E-state index contributed by atoms with van der Waals surface area (Å²) >= 11 is 0. The Labute approximate surface area is 184 Å². The minimum absolute atomic E-state index is 0.0462. The zero-order valence-corrected chi connectivity index (χ0v) is 17.8. The van der Waals surface area contributed by atoms with Gasteiger partial charge in [0.05, 0.1) is 33.4 Å². The summed E-state index contributed by atoms with van der Waals surface area (Å²) in [7, 11) is 3.08. The fourth-order valence-corrected chi connectivity index (χ4v) is 2.97. The molecule has 0 saturated carbocycles. The van der Waals surface area contributed by atoms with Crippen LogP contribution in [0.5, 0.6) is 11.5 Å². The van der Waals surface area contributed by atoms with E-state index in [1.54, 1.807) is 43.5 Å². The largest absolute Gasteiger partial charge is 0.493 e. The summed E-state index contributed by atoms with van der Waals surface area (Å²) in [6, 6.07) is 11.5. The first-order valence-corrected chi connectivity index (χ1v) is 9.89. The molecule has 0 bridgehead atoms. The number of nitrogens with zero attached hydrogens (tertiary/aromatic N) is 3. The second kappa shape index (κ2) is 10.9. The van der Waals surface area contributed by atoms with Gasteiger partial charge in [-0.05, 0) is 23.8 Å². The molecule has 0 aliphatic rings. The van der Waals surface area contributed by atoms with Gasteiger partial charge in [0, 0.05) is 18.7 Å². The van der Waals surface area contributed by atoms with Gasteiger partial charge in [-0.15, -0.1) is 5.10 Å². The molecule has 1 aromatic heterocycles. The number of hydrogen-bond acceptors (Lipinski definition) is 6. The standard InChI is InChI=1S/C22H24FN5O4/c1-31-19-8-7-15(11-20(19)32-2)12-21(29)24-9-10-28-14-18(26-27-28)22(30)25-13-16-5-3-4-6-17(16)23/h3-8,11,14H,9-10,12-13H2,1-2H3,(H,24,29)(H,25,30). The number of nitrogens with one attached hydrogen (secondary N) is 2. The summed E-state index contributed by atoms with van der Waals surface area (Å²) < 4.78 is 25.5. The first-order valence-electron chi connectivity index (χ1n) is 9.89. The second-order valence-electron chi connectivity index (χ2n) is 6.86. The molecule has 9 nitrogen and oxygen atoms in total. The lowest BCUT2D eigenvalue weighted by molar-refractivity contribution is -0.120. The van der Waals surface area contributed by atoms with E-state index in [0.29, 0.717) is 30.2 Å². The minimum Gasteiger partial charge on any atom is -0.493 e. The third kappa shape index (κ3) is 6.03. The number of hydrogen-bond donors (Lipinski definition) is 2. The number of aromatic nitrogens is 3. The Kier molecular flexibility index (Phi) is 7.74. The Balaban J connectivity index is 1.44. The molecule has 0 atom stereocenters. The Morgan fingerprint density at radius 2 is 1.84 bits per heavy atom. The van der Waals surface area contributed by atoms with Crippen molar-refractivity contribution in [3.8, 4) is 11.5 Å². The van der Waals surface area contributed by atoms with Gasteiger partial charge in [0.15, 0.2) is 17.2 Å². The number of halogens is 1. The fourth-order valence-electron chi connectivity index (χ4n) is 2.97. The van der Waals surface area contributed by atoms with Crippen LogP contribution >= 0.6 is 0 Å². The molecular weight excluding hydrogens is 417 g/mol. The van der Waals surface area contributed by atoms with Crippen molar-refractivity contribution < 1.29 is 23.5 Å². The second-order valence-corrected chi connectivity index (χ2v) is 6.86. The number of amides is 2. The van der Waals surface area contributed by atoms with Crippen LogP contribution in [0.15, 0.2) is 48.7 Å². The molecule has 0 fully saturated rings. The zero-order valence-electron chi connectivity index (χ0n) is 17.8. The molecule has 2 N–H and O–H groups in total. The van der Waals surface area contributed by atoms with Crippen LogP contribution in [-0.4, -0.2) is 47.6 Å². The van der Waals surface area contributed by atoms with Crippen molar-refractivity contribution in [2.24, 2.45) is 0 Å². The van der Waals surface area contributed by atoms with Crippen molar-refractivity contribution in [3.63, 3.8) is 0 Å². The van der Waals surface area contributed by atoms with Gasteiger partial charge in [-0.25, -0.2) is 9.07 Å². The molecular formula is C22H24FN5O4. The summed E-state index contributed by atoms with van der Waals surface area (Å²) in [5.41, 5.74) is 1.28. The highest BCUT2D eigenvalue weighted by Gasteiger charge is 2.12.